The summed E-state index contributed by atoms with van der Waals surface area (Å²) < 4.78 is 15.0. The van der Waals surface area contributed by atoms with Gasteiger partial charge in [-0.15, -0.1) is 5.10 Å². The van der Waals surface area contributed by atoms with Gasteiger partial charge in [-0.3, -0.25) is 4.79 Å². The molecule has 1 fully saturated rings. The average molecular weight is 346 g/mol. The maximum absolute atomic E-state index is 13.5. The van der Waals surface area contributed by atoms with Crippen molar-refractivity contribution in [3.05, 3.63) is 41.5 Å². The third kappa shape index (κ3) is 4.19. The molecule has 7 nitrogen and oxygen atoms in total. The molecule has 0 radical (unpaired) electrons. The van der Waals surface area contributed by atoms with E-state index in [0.717, 1.165) is 24.9 Å². The number of aromatic nitrogens is 4. The van der Waals surface area contributed by atoms with Crippen LogP contribution in [-0.4, -0.2) is 44.7 Å². The Balaban J connectivity index is 1.80. The Morgan fingerprint density at radius 2 is 2.36 bits per heavy atom. The molecule has 1 amide bonds. The van der Waals surface area contributed by atoms with Gasteiger partial charge in [0.05, 0.1) is 0 Å². The molecule has 1 aliphatic rings. The molecule has 0 saturated carbocycles. The highest BCUT2D eigenvalue weighted by atomic mass is 19.1. The lowest BCUT2D eigenvalue weighted by atomic mass is 9.98. The van der Waals surface area contributed by atoms with Crippen molar-refractivity contribution >= 4 is 5.91 Å². The number of amides is 1. The number of benzene rings is 1. The Hall–Kier alpha value is -2.35. The van der Waals surface area contributed by atoms with Crippen LogP contribution in [0.25, 0.3) is 0 Å². The van der Waals surface area contributed by atoms with E-state index in [0.29, 0.717) is 12.2 Å². The zero-order chi connectivity index (χ0) is 17.8. The van der Waals surface area contributed by atoms with Crippen LogP contribution in [0, 0.1) is 12.7 Å². The highest BCUT2D eigenvalue weighted by Crippen LogP contribution is 2.17. The van der Waals surface area contributed by atoms with Gasteiger partial charge in [0, 0.05) is 18.5 Å². The summed E-state index contributed by atoms with van der Waals surface area (Å²) >= 11 is 0. The van der Waals surface area contributed by atoms with Crippen molar-refractivity contribution in [2.75, 3.05) is 6.54 Å². The van der Waals surface area contributed by atoms with Crippen molar-refractivity contribution in [2.24, 2.45) is 0 Å². The minimum absolute atomic E-state index is 0.0630. The van der Waals surface area contributed by atoms with Crippen LogP contribution in [0.4, 0.5) is 4.39 Å². The second-order valence-corrected chi connectivity index (χ2v) is 6.52. The van der Waals surface area contributed by atoms with Gasteiger partial charge in [0.2, 0.25) is 5.91 Å². The van der Waals surface area contributed by atoms with Crippen molar-refractivity contribution in [1.82, 2.24) is 30.8 Å². The third-order valence-electron chi connectivity index (χ3n) is 4.66. The lowest BCUT2D eigenvalue weighted by molar-refractivity contribution is -0.125. The first-order valence-corrected chi connectivity index (χ1v) is 8.57. The van der Waals surface area contributed by atoms with Gasteiger partial charge in [0.15, 0.2) is 0 Å². The number of tetrazole rings is 1. The van der Waals surface area contributed by atoms with E-state index in [-0.39, 0.29) is 23.8 Å². The largest absolute Gasteiger partial charge is 0.350 e. The third-order valence-corrected chi connectivity index (χ3v) is 4.66. The van der Waals surface area contributed by atoms with E-state index < -0.39 is 6.04 Å². The average Bonchev–Trinajstić information content (AvgIpc) is 3.00. The number of piperidine rings is 1. The van der Waals surface area contributed by atoms with E-state index in [1.807, 2.05) is 0 Å². The normalized spacial score (nSPS) is 21.7. The van der Waals surface area contributed by atoms with Crippen LogP contribution < -0.4 is 10.6 Å². The monoisotopic (exact) mass is 346 g/mol. The van der Waals surface area contributed by atoms with Gasteiger partial charge in [0.25, 0.3) is 0 Å². The summed E-state index contributed by atoms with van der Waals surface area (Å²) in [5.74, 6) is 0.0711. The Labute approximate surface area is 146 Å². The van der Waals surface area contributed by atoms with Crippen molar-refractivity contribution in [3.63, 3.8) is 0 Å². The molecule has 1 aliphatic heterocycles. The highest BCUT2D eigenvalue weighted by Gasteiger charge is 2.29. The maximum Gasteiger partial charge on any atom is 0.245 e. The van der Waals surface area contributed by atoms with Crippen molar-refractivity contribution in [3.8, 4) is 0 Å². The fourth-order valence-corrected chi connectivity index (χ4v) is 3.22. The molecule has 134 valence electrons. The predicted octanol–water partition coefficient (Wildman–Crippen LogP) is 1.16. The number of hydrogen-bond donors (Lipinski definition) is 2. The van der Waals surface area contributed by atoms with Crippen LogP contribution in [0.5, 0.6) is 0 Å². The number of nitrogens with zero attached hydrogens (tertiary/aromatic N) is 4. The molecule has 1 aromatic carbocycles. The molecule has 0 bridgehead atoms. The zero-order valence-electron chi connectivity index (χ0n) is 14.4. The summed E-state index contributed by atoms with van der Waals surface area (Å²) in [4.78, 5) is 12.9. The van der Waals surface area contributed by atoms with Crippen LogP contribution in [-0.2, 0) is 11.2 Å². The number of carbonyl (C=O) groups excluding carboxylic acids is 1. The minimum atomic E-state index is -0.620. The van der Waals surface area contributed by atoms with Gasteiger partial charge in [-0.2, -0.15) is 0 Å². The lowest BCUT2D eigenvalue weighted by Gasteiger charge is -2.32. The zero-order valence-corrected chi connectivity index (χ0v) is 14.4. The molecule has 3 atom stereocenters. The summed E-state index contributed by atoms with van der Waals surface area (Å²) in [5, 5.41) is 17.9. The van der Waals surface area contributed by atoms with E-state index >= 15 is 0 Å². The predicted molar refractivity (Wildman–Crippen MR) is 90.3 cm³/mol. The summed E-state index contributed by atoms with van der Waals surface area (Å²) in [6.07, 6.45) is 2.28. The molecular weight excluding hydrogens is 323 g/mol. The van der Waals surface area contributed by atoms with Crippen LogP contribution in [0.1, 0.15) is 37.2 Å². The van der Waals surface area contributed by atoms with Crippen LogP contribution in [0.3, 0.4) is 0 Å². The summed E-state index contributed by atoms with van der Waals surface area (Å²) in [7, 11) is 0. The van der Waals surface area contributed by atoms with Gasteiger partial charge in [-0.25, -0.2) is 9.07 Å². The molecule has 1 aromatic heterocycles. The fourth-order valence-electron chi connectivity index (χ4n) is 3.22. The van der Waals surface area contributed by atoms with Crippen LogP contribution in [0.2, 0.25) is 0 Å². The van der Waals surface area contributed by atoms with Crippen molar-refractivity contribution in [1.29, 1.82) is 0 Å². The van der Waals surface area contributed by atoms with Crippen LogP contribution >= 0.6 is 0 Å². The summed E-state index contributed by atoms with van der Waals surface area (Å²) in [5.41, 5.74) is 0.727. The Bertz CT molecular complexity index is 733. The molecule has 1 saturated heterocycles. The first-order valence-electron chi connectivity index (χ1n) is 8.57. The number of aryl methyl sites for hydroxylation is 1. The van der Waals surface area contributed by atoms with E-state index in [1.165, 1.54) is 16.8 Å². The van der Waals surface area contributed by atoms with Gasteiger partial charge in [-0.1, -0.05) is 12.1 Å². The Morgan fingerprint density at radius 3 is 3.04 bits per heavy atom. The molecule has 8 heteroatoms. The minimum Gasteiger partial charge on any atom is -0.350 e. The molecule has 2 aromatic rings. The van der Waals surface area contributed by atoms with E-state index in [1.54, 1.807) is 19.1 Å². The second kappa shape index (κ2) is 7.69. The molecule has 0 aliphatic carbocycles. The second-order valence-electron chi connectivity index (χ2n) is 6.52. The lowest BCUT2D eigenvalue weighted by Crippen LogP contribution is -2.53. The van der Waals surface area contributed by atoms with Gasteiger partial charge in [0.1, 0.15) is 17.7 Å². The van der Waals surface area contributed by atoms with E-state index in [9.17, 15) is 9.18 Å². The maximum atomic E-state index is 13.5. The van der Waals surface area contributed by atoms with Crippen LogP contribution in [0.15, 0.2) is 24.3 Å². The molecule has 3 rings (SSSR count). The first kappa shape index (κ1) is 17.5. The number of halogens is 1. The van der Waals surface area contributed by atoms with Gasteiger partial charge in [-0.05, 0) is 61.4 Å². The number of rotatable bonds is 5. The Kier molecular flexibility index (Phi) is 5.37. The Morgan fingerprint density at radius 1 is 1.52 bits per heavy atom. The standard InChI is InChI=1S/C17H23FN6O/c1-11-15(7-4-8-19-11)20-17(25)16(24-12(2)21-22-23-24)10-13-5-3-6-14(18)9-13/h3,5-6,9,11,15-16,19H,4,7-8,10H2,1-2H3,(H,20,25). The number of hydrogen-bond acceptors (Lipinski definition) is 5. The van der Waals surface area contributed by atoms with Crippen molar-refractivity contribution < 1.29 is 9.18 Å². The molecule has 0 spiro atoms. The molecule has 2 N–H and O–H groups in total. The summed E-state index contributed by atoms with van der Waals surface area (Å²) in [6, 6.07) is 5.91. The van der Waals surface area contributed by atoms with Crippen molar-refractivity contribution in [2.45, 2.75) is 51.2 Å². The van der Waals surface area contributed by atoms with E-state index in [2.05, 4.69) is 33.1 Å². The molecule has 2 heterocycles. The fraction of sp³-hybridized carbons (Fsp3) is 0.529. The topological polar surface area (TPSA) is 84.7 Å². The van der Waals surface area contributed by atoms with Gasteiger partial charge < -0.3 is 10.6 Å². The first-order chi connectivity index (χ1) is 12.0. The van der Waals surface area contributed by atoms with Gasteiger partial charge >= 0.3 is 0 Å². The quantitative estimate of drug-likeness (QED) is 0.849. The molecule has 25 heavy (non-hydrogen) atoms. The molecule has 3 unspecified atom stereocenters. The van der Waals surface area contributed by atoms with E-state index in [4.69, 9.17) is 0 Å². The smallest absolute Gasteiger partial charge is 0.245 e. The SMILES string of the molecule is Cc1nnnn1C(Cc1cccc(F)c1)C(=O)NC1CCCNC1C. The summed E-state index contributed by atoms with van der Waals surface area (Å²) in [6.45, 7) is 4.77. The number of carbonyl (C=O) groups is 1. The highest BCUT2D eigenvalue weighted by molar-refractivity contribution is 5.81. The number of nitrogens with one attached hydrogen (secondary N) is 2. The molecular formula is C17H23FN6O.